The van der Waals surface area contributed by atoms with Gasteiger partial charge in [0.15, 0.2) is 0 Å². The molecular formula is C13H28N2O2S. The first-order valence-corrected chi connectivity index (χ1v) is 8.72. The number of sulfonamides is 1. The van der Waals surface area contributed by atoms with Crippen LogP contribution in [0.5, 0.6) is 0 Å². The molecule has 0 amide bonds. The summed E-state index contributed by atoms with van der Waals surface area (Å²) in [6, 6.07) is 0.436. The third kappa shape index (κ3) is 4.52. The SMILES string of the molecule is CCCN(C1CCC(N)CC1)S(=O)(=O)CC(C)C. The van der Waals surface area contributed by atoms with Gasteiger partial charge in [0.2, 0.25) is 10.0 Å². The van der Waals surface area contributed by atoms with Crippen molar-refractivity contribution in [1.82, 2.24) is 4.31 Å². The standard InChI is InChI=1S/C13H28N2O2S/c1-4-9-15(18(16,17)10-11(2)3)13-7-5-12(14)6-8-13/h11-13H,4-10,14H2,1-3H3. The lowest BCUT2D eigenvalue weighted by atomic mass is 9.92. The predicted molar refractivity (Wildman–Crippen MR) is 75.9 cm³/mol. The molecular weight excluding hydrogens is 248 g/mol. The fourth-order valence-electron chi connectivity index (χ4n) is 2.68. The van der Waals surface area contributed by atoms with Crippen molar-refractivity contribution in [3.63, 3.8) is 0 Å². The Bertz CT molecular complexity index is 333. The fraction of sp³-hybridized carbons (Fsp3) is 1.00. The molecule has 18 heavy (non-hydrogen) atoms. The van der Waals surface area contributed by atoms with Crippen LogP contribution in [-0.4, -0.2) is 37.1 Å². The van der Waals surface area contributed by atoms with Crippen LogP contribution in [0.25, 0.3) is 0 Å². The van der Waals surface area contributed by atoms with E-state index in [4.69, 9.17) is 5.73 Å². The second-order valence-corrected chi connectivity index (χ2v) is 7.82. The Morgan fingerprint density at radius 1 is 1.22 bits per heavy atom. The Kier molecular flexibility index (Phi) is 6.08. The summed E-state index contributed by atoms with van der Waals surface area (Å²) in [6.45, 7) is 6.60. The van der Waals surface area contributed by atoms with Crippen LogP contribution in [0.4, 0.5) is 0 Å². The summed E-state index contributed by atoms with van der Waals surface area (Å²) in [5.41, 5.74) is 5.89. The van der Waals surface area contributed by atoms with E-state index in [1.165, 1.54) is 0 Å². The highest BCUT2D eigenvalue weighted by atomic mass is 32.2. The molecule has 5 heteroatoms. The van der Waals surface area contributed by atoms with Crippen molar-refractivity contribution in [2.45, 2.75) is 65.0 Å². The topological polar surface area (TPSA) is 63.4 Å². The number of hydrogen-bond acceptors (Lipinski definition) is 3. The quantitative estimate of drug-likeness (QED) is 0.806. The molecule has 0 spiro atoms. The van der Waals surface area contributed by atoms with Gasteiger partial charge in [0.25, 0.3) is 0 Å². The van der Waals surface area contributed by atoms with Gasteiger partial charge in [0, 0.05) is 18.6 Å². The number of rotatable bonds is 6. The summed E-state index contributed by atoms with van der Waals surface area (Å²) in [5.74, 6) is 0.440. The molecule has 0 heterocycles. The Balaban J connectivity index is 2.75. The molecule has 1 aliphatic carbocycles. The molecule has 108 valence electrons. The third-order valence-electron chi connectivity index (χ3n) is 3.49. The average molecular weight is 276 g/mol. The molecule has 0 atom stereocenters. The molecule has 0 aromatic rings. The van der Waals surface area contributed by atoms with E-state index in [1.54, 1.807) is 4.31 Å². The molecule has 1 fully saturated rings. The van der Waals surface area contributed by atoms with E-state index < -0.39 is 10.0 Å². The van der Waals surface area contributed by atoms with Crippen molar-refractivity contribution in [2.75, 3.05) is 12.3 Å². The summed E-state index contributed by atoms with van der Waals surface area (Å²) in [6.07, 6.45) is 4.60. The predicted octanol–water partition coefficient (Wildman–Crippen LogP) is 1.95. The highest BCUT2D eigenvalue weighted by Gasteiger charge is 2.32. The van der Waals surface area contributed by atoms with Crippen LogP contribution >= 0.6 is 0 Å². The van der Waals surface area contributed by atoms with E-state index in [0.29, 0.717) is 6.54 Å². The number of nitrogens with two attached hydrogens (primary N) is 1. The zero-order chi connectivity index (χ0) is 13.8. The lowest BCUT2D eigenvalue weighted by molar-refractivity contribution is 0.239. The van der Waals surface area contributed by atoms with Crippen LogP contribution in [-0.2, 0) is 10.0 Å². The fourth-order valence-corrected chi connectivity index (χ4v) is 4.84. The molecule has 0 radical (unpaired) electrons. The van der Waals surface area contributed by atoms with Crippen LogP contribution in [0.3, 0.4) is 0 Å². The van der Waals surface area contributed by atoms with E-state index in [2.05, 4.69) is 0 Å². The molecule has 1 rings (SSSR count). The van der Waals surface area contributed by atoms with Crippen LogP contribution in [0.1, 0.15) is 52.9 Å². The summed E-state index contributed by atoms with van der Waals surface area (Å²) < 4.78 is 26.6. The second kappa shape index (κ2) is 6.87. The highest BCUT2D eigenvalue weighted by Crippen LogP contribution is 2.25. The second-order valence-electron chi connectivity index (χ2n) is 5.85. The number of hydrogen-bond donors (Lipinski definition) is 1. The third-order valence-corrected chi connectivity index (χ3v) is 5.78. The van der Waals surface area contributed by atoms with Crippen LogP contribution < -0.4 is 5.73 Å². The molecule has 2 N–H and O–H groups in total. The van der Waals surface area contributed by atoms with Gasteiger partial charge in [-0.1, -0.05) is 20.8 Å². The average Bonchev–Trinajstić information content (AvgIpc) is 2.25. The van der Waals surface area contributed by atoms with Crippen molar-refractivity contribution in [3.8, 4) is 0 Å². The summed E-state index contributed by atoms with van der Waals surface area (Å²) in [7, 11) is -3.11. The van der Waals surface area contributed by atoms with Gasteiger partial charge in [0.1, 0.15) is 0 Å². The minimum atomic E-state index is -3.11. The van der Waals surface area contributed by atoms with Gasteiger partial charge in [-0.2, -0.15) is 4.31 Å². The number of nitrogens with zero attached hydrogens (tertiary/aromatic N) is 1. The molecule has 0 aromatic carbocycles. The zero-order valence-electron chi connectivity index (χ0n) is 11.9. The molecule has 0 unspecified atom stereocenters. The van der Waals surface area contributed by atoms with Gasteiger partial charge < -0.3 is 5.73 Å². The molecule has 1 saturated carbocycles. The van der Waals surface area contributed by atoms with E-state index in [0.717, 1.165) is 32.1 Å². The van der Waals surface area contributed by atoms with Crippen LogP contribution in [0.2, 0.25) is 0 Å². The summed E-state index contributed by atoms with van der Waals surface area (Å²) in [5, 5.41) is 0. The van der Waals surface area contributed by atoms with E-state index in [-0.39, 0.29) is 23.8 Å². The minimum Gasteiger partial charge on any atom is -0.328 e. The van der Waals surface area contributed by atoms with Crippen molar-refractivity contribution < 1.29 is 8.42 Å². The monoisotopic (exact) mass is 276 g/mol. The first kappa shape index (κ1) is 15.9. The van der Waals surface area contributed by atoms with Crippen molar-refractivity contribution in [3.05, 3.63) is 0 Å². The molecule has 0 aromatic heterocycles. The molecule has 0 bridgehead atoms. The Labute approximate surface area is 112 Å². The van der Waals surface area contributed by atoms with E-state index in [9.17, 15) is 8.42 Å². The lowest BCUT2D eigenvalue weighted by Crippen LogP contribution is -2.46. The minimum absolute atomic E-state index is 0.175. The maximum absolute atomic E-state index is 12.4. The van der Waals surface area contributed by atoms with Gasteiger partial charge in [0.05, 0.1) is 5.75 Å². The van der Waals surface area contributed by atoms with Gasteiger partial charge in [-0.25, -0.2) is 8.42 Å². The zero-order valence-corrected chi connectivity index (χ0v) is 12.7. The van der Waals surface area contributed by atoms with Gasteiger partial charge in [-0.05, 0) is 38.0 Å². The maximum Gasteiger partial charge on any atom is 0.214 e. The van der Waals surface area contributed by atoms with Crippen LogP contribution in [0.15, 0.2) is 0 Å². The van der Waals surface area contributed by atoms with Crippen LogP contribution in [0, 0.1) is 5.92 Å². The smallest absolute Gasteiger partial charge is 0.214 e. The largest absolute Gasteiger partial charge is 0.328 e. The van der Waals surface area contributed by atoms with Crippen molar-refractivity contribution in [2.24, 2.45) is 11.7 Å². The Morgan fingerprint density at radius 2 is 1.78 bits per heavy atom. The van der Waals surface area contributed by atoms with Gasteiger partial charge >= 0.3 is 0 Å². The first-order chi connectivity index (χ1) is 8.36. The van der Waals surface area contributed by atoms with Crippen molar-refractivity contribution >= 4 is 10.0 Å². The Morgan fingerprint density at radius 3 is 2.22 bits per heavy atom. The maximum atomic E-state index is 12.4. The van der Waals surface area contributed by atoms with Gasteiger partial charge in [-0.15, -0.1) is 0 Å². The van der Waals surface area contributed by atoms with E-state index >= 15 is 0 Å². The molecule has 0 saturated heterocycles. The normalized spacial score (nSPS) is 25.9. The Hall–Kier alpha value is -0.130. The summed E-state index contributed by atoms with van der Waals surface area (Å²) >= 11 is 0. The van der Waals surface area contributed by atoms with Gasteiger partial charge in [-0.3, -0.25) is 0 Å². The molecule has 1 aliphatic rings. The summed E-state index contributed by atoms with van der Waals surface area (Å²) in [4.78, 5) is 0. The molecule has 0 aliphatic heterocycles. The first-order valence-electron chi connectivity index (χ1n) is 7.12. The van der Waals surface area contributed by atoms with E-state index in [1.807, 2.05) is 20.8 Å². The van der Waals surface area contributed by atoms with Crippen molar-refractivity contribution in [1.29, 1.82) is 0 Å². The molecule has 4 nitrogen and oxygen atoms in total. The highest BCUT2D eigenvalue weighted by molar-refractivity contribution is 7.89. The lowest BCUT2D eigenvalue weighted by Gasteiger charge is -2.35.